The van der Waals surface area contributed by atoms with E-state index in [9.17, 15) is 28.0 Å². The number of halogens is 5. The fourth-order valence-electron chi connectivity index (χ4n) is 3.25. The highest BCUT2D eigenvalue weighted by atomic mass is 79.9. The van der Waals surface area contributed by atoms with Crippen molar-refractivity contribution in [3.63, 3.8) is 0 Å². The van der Waals surface area contributed by atoms with Crippen LogP contribution in [0.15, 0.2) is 70.7 Å². The second kappa shape index (κ2) is 13.2. The number of benzene rings is 3. The van der Waals surface area contributed by atoms with Crippen LogP contribution >= 0.6 is 27.5 Å². The van der Waals surface area contributed by atoms with E-state index in [-0.39, 0.29) is 36.0 Å². The van der Waals surface area contributed by atoms with Crippen LogP contribution in [-0.2, 0) is 15.8 Å². The van der Waals surface area contributed by atoms with E-state index in [1.165, 1.54) is 24.3 Å². The van der Waals surface area contributed by atoms with Crippen LogP contribution in [0.2, 0.25) is 5.02 Å². The molecule has 2 amide bonds. The summed E-state index contributed by atoms with van der Waals surface area (Å²) in [6, 6.07) is 15.5. The van der Waals surface area contributed by atoms with E-state index in [1.54, 1.807) is 37.3 Å². The topological polar surface area (TPSA) is 100 Å². The molecule has 2 N–H and O–H groups in total. The molecule has 12 heteroatoms. The highest BCUT2D eigenvalue weighted by molar-refractivity contribution is 9.10. The van der Waals surface area contributed by atoms with Gasteiger partial charge in [-0.3, -0.25) is 9.59 Å². The van der Waals surface area contributed by atoms with E-state index in [4.69, 9.17) is 21.1 Å². The van der Waals surface area contributed by atoms with Gasteiger partial charge >= 0.3 is 6.18 Å². The van der Waals surface area contributed by atoms with Crippen molar-refractivity contribution < 1.29 is 32.2 Å². The Morgan fingerprint density at radius 3 is 2.49 bits per heavy atom. The monoisotopic (exact) mass is 621 g/mol. The standard InChI is InChI=1S/C27H20BrClF3N3O4/c1-2-38-23-12-16(10-17(14-33)26(37)34-19-7-5-6-18(13-19)27(30,31)32)11-20(28)25(23)39-15-24(36)35-22-9-4-3-8-21(22)29/h3-13H,2,15H2,1H3,(H,34,37)(H,35,36)/b17-10+. The summed E-state index contributed by atoms with van der Waals surface area (Å²) < 4.78 is 50.6. The van der Waals surface area contributed by atoms with E-state index in [0.29, 0.717) is 20.7 Å². The van der Waals surface area contributed by atoms with Crippen LogP contribution in [0, 0.1) is 11.3 Å². The number of nitrogens with zero attached hydrogens (tertiary/aromatic N) is 1. The van der Waals surface area contributed by atoms with Gasteiger partial charge in [0.25, 0.3) is 11.8 Å². The zero-order valence-electron chi connectivity index (χ0n) is 20.2. The first-order valence-corrected chi connectivity index (χ1v) is 12.4. The fourth-order valence-corrected chi connectivity index (χ4v) is 4.00. The van der Waals surface area contributed by atoms with Crippen molar-refractivity contribution >= 4 is 56.8 Å². The van der Waals surface area contributed by atoms with Gasteiger partial charge in [0.1, 0.15) is 11.6 Å². The third-order valence-electron chi connectivity index (χ3n) is 4.95. The van der Waals surface area contributed by atoms with E-state index >= 15 is 0 Å². The lowest BCUT2D eigenvalue weighted by Crippen LogP contribution is -2.20. The van der Waals surface area contributed by atoms with Crippen molar-refractivity contribution in [2.75, 3.05) is 23.8 Å². The molecular weight excluding hydrogens is 603 g/mol. The Labute approximate surface area is 235 Å². The Balaban J connectivity index is 1.79. The molecule has 0 radical (unpaired) electrons. The van der Waals surface area contributed by atoms with Crippen molar-refractivity contribution in [1.82, 2.24) is 0 Å². The summed E-state index contributed by atoms with van der Waals surface area (Å²) in [7, 11) is 0. The number of anilines is 2. The normalized spacial score (nSPS) is 11.4. The first-order chi connectivity index (χ1) is 18.5. The first kappa shape index (κ1) is 29.5. The van der Waals surface area contributed by atoms with Crippen molar-refractivity contribution in [3.05, 3.63) is 86.9 Å². The minimum Gasteiger partial charge on any atom is -0.490 e. The second-order valence-electron chi connectivity index (χ2n) is 7.78. The highest BCUT2D eigenvalue weighted by Crippen LogP contribution is 2.38. The molecule has 7 nitrogen and oxygen atoms in total. The Hall–Kier alpha value is -4.01. The predicted octanol–water partition coefficient (Wildman–Crippen LogP) is 7.08. The molecule has 3 aromatic carbocycles. The molecule has 0 unspecified atom stereocenters. The Morgan fingerprint density at radius 1 is 1.08 bits per heavy atom. The third kappa shape index (κ3) is 8.24. The van der Waals surface area contributed by atoms with Crippen LogP contribution in [0.25, 0.3) is 6.08 Å². The van der Waals surface area contributed by atoms with Crippen LogP contribution in [0.4, 0.5) is 24.5 Å². The zero-order valence-corrected chi connectivity index (χ0v) is 22.6. The molecule has 3 rings (SSSR count). The van der Waals surface area contributed by atoms with Crippen LogP contribution in [-0.4, -0.2) is 25.0 Å². The van der Waals surface area contributed by atoms with E-state index < -0.39 is 23.6 Å². The van der Waals surface area contributed by atoms with Gasteiger partial charge in [0.05, 0.1) is 27.4 Å². The van der Waals surface area contributed by atoms with Crippen LogP contribution < -0.4 is 20.1 Å². The molecule has 0 saturated heterocycles. The summed E-state index contributed by atoms with van der Waals surface area (Å²) in [4.78, 5) is 25.0. The molecular formula is C27H20BrClF3N3O4. The van der Waals surface area contributed by atoms with Gasteiger partial charge in [0.2, 0.25) is 0 Å². The van der Waals surface area contributed by atoms with Gasteiger partial charge in [-0.15, -0.1) is 0 Å². The number of ether oxygens (including phenoxy) is 2. The Bertz CT molecular complexity index is 1450. The summed E-state index contributed by atoms with van der Waals surface area (Å²) in [6.45, 7) is 1.60. The fraction of sp³-hybridized carbons (Fsp3) is 0.148. The number of rotatable bonds is 9. The quantitative estimate of drug-likeness (QED) is 0.196. The number of hydrogen-bond acceptors (Lipinski definition) is 5. The minimum absolute atomic E-state index is 0.119. The van der Waals surface area contributed by atoms with Crippen LogP contribution in [0.5, 0.6) is 11.5 Å². The number of amides is 2. The summed E-state index contributed by atoms with van der Waals surface area (Å²) in [5, 5.41) is 14.8. The molecule has 0 spiro atoms. The lowest BCUT2D eigenvalue weighted by atomic mass is 10.1. The van der Waals surface area contributed by atoms with Gasteiger partial charge in [0, 0.05) is 5.69 Å². The Kier molecular flexibility index (Phi) is 9.98. The molecule has 0 aliphatic carbocycles. The van der Waals surface area contributed by atoms with Crippen molar-refractivity contribution in [2.24, 2.45) is 0 Å². The summed E-state index contributed by atoms with van der Waals surface area (Å²) >= 11 is 9.40. The molecule has 202 valence electrons. The zero-order chi connectivity index (χ0) is 28.6. The predicted molar refractivity (Wildman–Crippen MR) is 145 cm³/mol. The summed E-state index contributed by atoms with van der Waals surface area (Å²) in [5.74, 6) is -0.948. The largest absolute Gasteiger partial charge is 0.490 e. The molecule has 0 saturated carbocycles. The van der Waals surface area contributed by atoms with E-state index in [1.807, 2.05) is 0 Å². The Morgan fingerprint density at radius 2 is 1.82 bits per heavy atom. The molecule has 0 atom stereocenters. The SMILES string of the molecule is CCOc1cc(/C=C(\C#N)C(=O)Nc2cccc(C(F)(F)F)c2)cc(Br)c1OCC(=O)Nc1ccccc1Cl. The maximum atomic E-state index is 13.0. The van der Waals surface area contributed by atoms with Crippen LogP contribution in [0.3, 0.4) is 0 Å². The van der Waals surface area contributed by atoms with Gasteiger partial charge in [-0.25, -0.2) is 0 Å². The van der Waals surface area contributed by atoms with E-state index in [2.05, 4.69) is 26.6 Å². The van der Waals surface area contributed by atoms with Gasteiger partial charge in [0.15, 0.2) is 18.1 Å². The molecule has 0 fully saturated rings. The molecule has 3 aromatic rings. The minimum atomic E-state index is -4.59. The maximum Gasteiger partial charge on any atom is 0.416 e. The van der Waals surface area contributed by atoms with Gasteiger partial charge in [-0.05, 0) is 77.0 Å². The maximum absolute atomic E-state index is 13.0. The number of hydrogen-bond donors (Lipinski definition) is 2. The molecule has 0 bridgehead atoms. The number of alkyl halides is 3. The average Bonchev–Trinajstić information content (AvgIpc) is 2.88. The van der Waals surface area contributed by atoms with E-state index in [0.717, 1.165) is 18.2 Å². The van der Waals surface area contributed by atoms with Gasteiger partial charge in [-0.1, -0.05) is 29.8 Å². The summed E-state index contributed by atoms with van der Waals surface area (Å²) in [6.07, 6.45) is -3.35. The summed E-state index contributed by atoms with van der Waals surface area (Å²) in [5.41, 5.74) is -0.650. The lowest BCUT2D eigenvalue weighted by molar-refractivity contribution is -0.137. The van der Waals surface area contributed by atoms with Gasteiger partial charge in [-0.2, -0.15) is 18.4 Å². The first-order valence-electron chi connectivity index (χ1n) is 11.3. The number of nitriles is 1. The van der Waals surface area contributed by atoms with Crippen LogP contribution in [0.1, 0.15) is 18.1 Å². The van der Waals surface area contributed by atoms with Crippen molar-refractivity contribution in [1.29, 1.82) is 5.26 Å². The third-order valence-corrected chi connectivity index (χ3v) is 5.87. The number of nitrogens with one attached hydrogen (secondary N) is 2. The molecule has 0 aromatic heterocycles. The van der Waals surface area contributed by atoms with Gasteiger partial charge < -0.3 is 20.1 Å². The molecule has 0 heterocycles. The average molecular weight is 623 g/mol. The number of para-hydroxylation sites is 1. The molecule has 0 aliphatic heterocycles. The number of carbonyl (C=O) groups excluding carboxylic acids is 2. The highest BCUT2D eigenvalue weighted by Gasteiger charge is 2.30. The number of carbonyl (C=O) groups is 2. The smallest absolute Gasteiger partial charge is 0.416 e. The van der Waals surface area contributed by atoms with Crippen molar-refractivity contribution in [3.8, 4) is 17.6 Å². The molecule has 0 aliphatic rings. The van der Waals surface area contributed by atoms with Crippen molar-refractivity contribution in [2.45, 2.75) is 13.1 Å². The molecule has 39 heavy (non-hydrogen) atoms. The lowest BCUT2D eigenvalue weighted by Gasteiger charge is -2.15. The second-order valence-corrected chi connectivity index (χ2v) is 9.04.